The average molecular weight is 317 g/mol. The molecule has 1 aromatic rings. The van der Waals surface area contributed by atoms with E-state index in [1.807, 2.05) is 12.1 Å². The number of nitrogens with one attached hydrogen (secondary N) is 1. The first-order chi connectivity index (χ1) is 11.3. The fourth-order valence-electron chi connectivity index (χ4n) is 3.31. The molecule has 0 saturated carbocycles. The first-order valence-corrected chi connectivity index (χ1v) is 8.71. The van der Waals surface area contributed by atoms with Crippen LogP contribution in [-0.4, -0.2) is 54.9 Å². The van der Waals surface area contributed by atoms with Crippen LogP contribution in [0.2, 0.25) is 0 Å². The fourth-order valence-corrected chi connectivity index (χ4v) is 3.31. The Morgan fingerprint density at radius 1 is 1.30 bits per heavy atom. The van der Waals surface area contributed by atoms with Crippen molar-refractivity contribution in [2.24, 2.45) is 4.99 Å². The van der Waals surface area contributed by atoms with Gasteiger partial charge in [-0.05, 0) is 37.8 Å². The first-order valence-electron chi connectivity index (χ1n) is 8.71. The van der Waals surface area contributed by atoms with Crippen LogP contribution in [0.5, 0.6) is 5.75 Å². The summed E-state index contributed by atoms with van der Waals surface area (Å²) in [4.78, 5) is 7.14. The van der Waals surface area contributed by atoms with Crippen LogP contribution in [0.1, 0.15) is 37.7 Å². The summed E-state index contributed by atoms with van der Waals surface area (Å²) in [6, 6.07) is 8.29. The normalized spacial score (nSPS) is 22.4. The predicted octanol–water partition coefficient (Wildman–Crippen LogP) is 1.97. The van der Waals surface area contributed by atoms with E-state index < -0.39 is 0 Å². The Balaban J connectivity index is 1.69. The van der Waals surface area contributed by atoms with Crippen molar-refractivity contribution in [1.29, 1.82) is 0 Å². The smallest absolute Gasteiger partial charge is 0.193 e. The lowest BCUT2D eigenvalue weighted by atomic mass is 9.93. The summed E-state index contributed by atoms with van der Waals surface area (Å²) >= 11 is 0. The number of nitrogens with zero attached hydrogens (tertiary/aromatic N) is 2. The highest BCUT2D eigenvalue weighted by atomic mass is 16.5. The van der Waals surface area contributed by atoms with Crippen molar-refractivity contribution in [2.45, 2.75) is 38.2 Å². The SMILES string of the molecule is CCNC(=NCC1CCOc2ccccc21)N1CCC(O)CC1. The van der Waals surface area contributed by atoms with Gasteiger partial charge in [-0.2, -0.15) is 0 Å². The molecule has 0 bridgehead atoms. The molecule has 1 atom stereocenters. The monoisotopic (exact) mass is 317 g/mol. The van der Waals surface area contributed by atoms with Gasteiger partial charge in [-0.3, -0.25) is 4.99 Å². The maximum Gasteiger partial charge on any atom is 0.193 e. The molecule has 1 saturated heterocycles. The molecule has 0 aromatic heterocycles. The zero-order valence-corrected chi connectivity index (χ0v) is 13.9. The number of benzene rings is 1. The largest absolute Gasteiger partial charge is 0.493 e. The van der Waals surface area contributed by atoms with E-state index in [9.17, 15) is 5.11 Å². The third kappa shape index (κ3) is 3.96. The van der Waals surface area contributed by atoms with Gasteiger partial charge in [0.1, 0.15) is 5.75 Å². The van der Waals surface area contributed by atoms with Crippen molar-refractivity contribution < 1.29 is 9.84 Å². The van der Waals surface area contributed by atoms with E-state index in [1.165, 1.54) is 5.56 Å². The molecule has 23 heavy (non-hydrogen) atoms. The minimum absolute atomic E-state index is 0.156. The summed E-state index contributed by atoms with van der Waals surface area (Å²) in [6.07, 6.45) is 2.50. The Morgan fingerprint density at radius 2 is 2.09 bits per heavy atom. The summed E-state index contributed by atoms with van der Waals surface area (Å²) in [7, 11) is 0. The minimum Gasteiger partial charge on any atom is -0.493 e. The van der Waals surface area contributed by atoms with Gasteiger partial charge in [0.2, 0.25) is 0 Å². The van der Waals surface area contributed by atoms with E-state index in [0.717, 1.165) is 63.8 Å². The number of hydrogen-bond acceptors (Lipinski definition) is 3. The van der Waals surface area contributed by atoms with Crippen LogP contribution in [0.25, 0.3) is 0 Å². The van der Waals surface area contributed by atoms with Crippen LogP contribution < -0.4 is 10.1 Å². The number of aliphatic hydroxyl groups is 1. The number of piperidine rings is 1. The van der Waals surface area contributed by atoms with Gasteiger partial charge >= 0.3 is 0 Å². The van der Waals surface area contributed by atoms with Gasteiger partial charge in [-0.15, -0.1) is 0 Å². The Bertz CT molecular complexity index is 539. The molecule has 0 radical (unpaired) electrons. The second-order valence-electron chi connectivity index (χ2n) is 6.28. The van der Waals surface area contributed by atoms with Crippen molar-refractivity contribution in [2.75, 3.05) is 32.8 Å². The number of fused-ring (bicyclic) bond motifs is 1. The van der Waals surface area contributed by atoms with E-state index in [-0.39, 0.29) is 6.10 Å². The molecule has 2 heterocycles. The van der Waals surface area contributed by atoms with Gasteiger partial charge in [0.05, 0.1) is 12.7 Å². The second-order valence-corrected chi connectivity index (χ2v) is 6.28. The Labute approximate surface area is 138 Å². The highest BCUT2D eigenvalue weighted by Crippen LogP contribution is 2.33. The van der Waals surface area contributed by atoms with Crippen molar-refractivity contribution in [3.63, 3.8) is 0 Å². The van der Waals surface area contributed by atoms with Crippen molar-refractivity contribution in [3.05, 3.63) is 29.8 Å². The van der Waals surface area contributed by atoms with E-state index in [2.05, 4.69) is 29.3 Å². The third-order valence-electron chi connectivity index (χ3n) is 4.64. The number of ether oxygens (including phenoxy) is 1. The standard InChI is InChI=1S/C18H27N3O2/c1-2-19-18(21-10-7-15(22)8-11-21)20-13-14-9-12-23-17-6-4-3-5-16(14)17/h3-6,14-15,22H,2,7-13H2,1H3,(H,19,20). The minimum atomic E-state index is -0.156. The molecule has 5 nitrogen and oxygen atoms in total. The third-order valence-corrected chi connectivity index (χ3v) is 4.64. The molecular formula is C18H27N3O2. The van der Waals surface area contributed by atoms with E-state index in [4.69, 9.17) is 9.73 Å². The maximum absolute atomic E-state index is 9.68. The van der Waals surface area contributed by atoms with E-state index in [0.29, 0.717) is 5.92 Å². The number of guanidine groups is 1. The van der Waals surface area contributed by atoms with Crippen LogP contribution in [0, 0.1) is 0 Å². The molecule has 1 unspecified atom stereocenters. The number of aliphatic hydroxyl groups excluding tert-OH is 1. The van der Waals surface area contributed by atoms with Crippen molar-refractivity contribution >= 4 is 5.96 Å². The van der Waals surface area contributed by atoms with Gasteiger partial charge in [0.15, 0.2) is 5.96 Å². The zero-order chi connectivity index (χ0) is 16.1. The molecule has 0 aliphatic carbocycles. The molecule has 2 aliphatic heterocycles. The Kier molecular flexibility index (Phi) is 5.39. The first kappa shape index (κ1) is 16.1. The molecule has 0 spiro atoms. The topological polar surface area (TPSA) is 57.1 Å². The fraction of sp³-hybridized carbons (Fsp3) is 0.611. The van der Waals surface area contributed by atoms with E-state index >= 15 is 0 Å². The van der Waals surface area contributed by atoms with Gasteiger partial charge in [0, 0.05) is 32.1 Å². The van der Waals surface area contributed by atoms with Crippen molar-refractivity contribution in [1.82, 2.24) is 10.2 Å². The summed E-state index contributed by atoms with van der Waals surface area (Å²) < 4.78 is 5.73. The predicted molar refractivity (Wildman–Crippen MR) is 92.1 cm³/mol. The van der Waals surface area contributed by atoms with Crippen LogP contribution in [0.3, 0.4) is 0 Å². The molecule has 2 aliphatic rings. The summed E-state index contributed by atoms with van der Waals surface area (Å²) in [6.45, 7) is 6.25. The highest BCUT2D eigenvalue weighted by molar-refractivity contribution is 5.80. The Hall–Kier alpha value is -1.75. The van der Waals surface area contributed by atoms with Crippen LogP contribution >= 0.6 is 0 Å². The van der Waals surface area contributed by atoms with Gasteiger partial charge < -0.3 is 20.1 Å². The summed E-state index contributed by atoms with van der Waals surface area (Å²) in [5.41, 5.74) is 1.27. The average Bonchev–Trinajstić information content (AvgIpc) is 2.59. The molecule has 5 heteroatoms. The molecule has 1 fully saturated rings. The molecule has 1 aromatic carbocycles. The lowest BCUT2D eigenvalue weighted by Gasteiger charge is -2.33. The molecule has 126 valence electrons. The second kappa shape index (κ2) is 7.68. The van der Waals surface area contributed by atoms with Gasteiger partial charge in [-0.25, -0.2) is 0 Å². The molecular weight excluding hydrogens is 290 g/mol. The Morgan fingerprint density at radius 3 is 2.87 bits per heavy atom. The quantitative estimate of drug-likeness (QED) is 0.661. The van der Waals surface area contributed by atoms with E-state index in [1.54, 1.807) is 0 Å². The van der Waals surface area contributed by atoms with Crippen molar-refractivity contribution in [3.8, 4) is 5.75 Å². The summed E-state index contributed by atoms with van der Waals surface area (Å²) in [5, 5.41) is 13.1. The van der Waals surface area contributed by atoms with Gasteiger partial charge in [0.25, 0.3) is 0 Å². The number of para-hydroxylation sites is 1. The van der Waals surface area contributed by atoms with Crippen LogP contribution in [0.15, 0.2) is 29.3 Å². The molecule has 3 rings (SSSR count). The highest BCUT2D eigenvalue weighted by Gasteiger charge is 2.23. The summed E-state index contributed by atoms with van der Waals surface area (Å²) in [5.74, 6) is 2.40. The number of likely N-dealkylation sites (tertiary alicyclic amines) is 1. The zero-order valence-electron chi connectivity index (χ0n) is 13.9. The molecule has 2 N–H and O–H groups in total. The lowest BCUT2D eigenvalue weighted by molar-refractivity contribution is 0.108. The number of rotatable bonds is 3. The number of hydrogen-bond donors (Lipinski definition) is 2. The van der Waals surface area contributed by atoms with Gasteiger partial charge in [-0.1, -0.05) is 18.2 Å². The van der Waals surface area contributed by atoms with Crippen LogP contribution in [-0.2, 0) is 0 Å². The number of aliphatic imine (C=N–C) groups is 1. The lowest BCUT2D eigenvalue weighted by Crippen LogP contribution is -2.46. The van der Waals surface area contributed by atoms with Crippen LogP contribution in [0.4, 0.5) is 0 Å². The maximum atomic E-state index is 9.68. The molecule has 0 amide bonds.